The Hall–Kier alpha value is -2.12. The van der Waals surface area contributed by atoms with E-state index in [1.54, 1.807) is 22.8 Å². The molecule has 2 aromatic carbocycles. The summed E-state index contributed by atoms with van der Waals surface area (Å²) < 4.78 is 29.7. The van der Waals surface area contributed by atoms with Crippen LogP contribution in [0.15, 0.2) is 47.3 Å². The van der Waals surface area contributed by atoms with E-state index in [0.29, 0.717) is 12.2 Å². The van der Waals surface area contributed by atoms with Crippen molar-refractivity contribution >= 4 is 37.3 Å². The highest BCUT2D eigenvalue weighted by atomic mass is 32.2. The van der Waals surface area contributed by atoms with Crippen molar-refractivity contribution in [1.29, 1.82) is 0 Å². The molecule has 0 unspecified atom stereocenters. The molecule has 0 aliphatic rings. The van der Waals surface area contributed by atoms with Gasteiger partial charge in [0, 0.05) is 6.54 Å². The van der Waals surface area contributed by atoms with Crippen molar-refractivity contribution < 1.29 is 8.42 Å². The van der Waals surface area contributed by atoms with Gasteiger partial charge >= 0.3 is 4.87 Å². The first-order chi connectivity index (χ1) is 11.4. The van der Waals surface area contributed by atoms with Crippen LogP contribution in [0.1, 0.15) is 18.1 Å². The maximum absolute atomic E-state index is 12.3. The Bertz CT molecular complexity index is 1030. The average Bonchev–Trinajstić information content (AvgIpc) is 2.83. The molecule has 0 aliphatic heterocycles. The van der Waals surface area contributed by atoms with E-state index >= 15 is 0 Å². The average molecular weight is 362 g/mol. The van der Waals surface area contributed by atoms with Gasteiger partial charge in [-0.05, 0) is 37.6 Å². The first-order valence-electron chi connectivity index (χ1n) is 7.57. The molecule has 1 N–H and O–H groups in total. The van der Waals surface area contributed by atoms with E-state index < -0.39 is 10.0 Å². The fraction of sp³-hybridized carbons (Fsp3) is 0.235. The molecule has 24 heavy (non-hydrogen) atoms. The van der Waals surface area contributed by atoms with Gasteiger partial charge < -0.3 is 0 Å². The first kappa shape index (κ1) is 16.7. The lowest BCUT2D eigenvalue weighted by Crippen LogP contribution is -2.15. The van der Waals surface area contributed by atoms with Gasteiger partial charge in [0.1, 0.15) is 0 Å². The zero-order valence-corrected chi connectivity index (χ0v) is 15.1. The van der Waals surface area contributed by atoms with Gasteiger partial charge in [-0.15, -0.1) is 0 Å². The number of benzene rings is 2. The van der Waals surface area contributed by atoms with Crippen molar-refractivity contribution in [3.8, 4) is 0 Å². The molecule has 0 bridgehead atoms. The Kier molecular flexibility index (Phi) is 4.47. The summed E-state index contributed by atoms with van der Waals surface area (Å²) in [5, 5.41) is 0. The second-order valence-electron chi connectivity index (χ2n) is 5.64. The third-order valence-corrected chi connectivity index (χ3v) is 5.94. The molecule has 1 aromatic heterocycles. The normalized spacial score (nSPS) is 11.8. The molecular formula is C17H18N2O3S2. The standard InChI is InChI=1S/C17H18N2O3S2/c1-3-19-15-9-8-14(10-16(15)23-17(19)20)18-24(21,22)11-13-6-4-12(2)5-7-13/h4-10,18H,3,11H2,1-2H3. The van der Waals surface area contributed by atoms with Gasteiger partial charge in [-0.3, -0.25) is 14.1 Å². The lowest BCUT2D eigenvalue weighted by Gasteiger charge is -2.09. The molecule has 0 fully saturated rings. The molecule has 0 saturated carbocycles. The second-order valence-corrected chi connectivity index (χ2v) is 8.36. The minimum atomic E-state index is -3.51. The number of aromatic nitrogens is 1. The molecule has 0 spiro atoms. The molecule has 0 atom stereocenters. The minimum Gasteiger partial charge on any atom is -0.299 e. The zero-order valence-electron chi connectivity index (χ0n) is 13.4. The van der Waals surface area contributed by atoms with E-state index in [9.17, 15) is 13.2 Å². The number of fused-ring (bicyclic) bond motifs is 1. The lowest BCUT2D eigenvalue weighted by atomic mass is 10.2. The number of nitrogens with one attached hydrogen (secondary N) is 1. The third kappa shape index (κ3) is 3.52. The number of hydrogen-bond acceptors (Lipinski definition) is 4. The third-order valence-electron chi connectivity index (χ3n) is 3.74. The molecule has 0 saturated heterocycles. The van der Waals surface area contributed by atoms with Crippen molar-refractivity contribution in [2.45, 2.75) is 26.1 Å². The van der Waals surface area contributed by atoms with E-state index in [2.05, 4.69) is 4.72 Å². The SMILES string of the molecule is CCn1c(=O)sc2cc(NS(=O)(=O)Cc3ccc(C)cc3)ccc21. The van der Waals surface area contributed by atoms with Crippen molar-refractivity contribution in [1.82, 2.24) is 4.57 Å². The molecule has 0 amide bonds. The maximum atomic E-state index is 12.3. The Balaban J connectivity index is 1.85. The smallest absolute Gasteiger partial charge is 0.299 e. The molecule has 0 radical (unpaired) electrons. The summed E-state index contributed by atoms with van der Waals surface area (Å²) in [6.07, 6.45) is 0. The van der Waals surface area contributed by atoms with Crippen molar-refractivity contribution in [3.63, 3.8) is 0 Å². The fourth-order valence-electron chi connectivity index (χ4n) is 2.55. The summed E-state index contributed by atoms with van der Waals surface area (Å²) in [5.74, 6) is -0.0858. The summed E-state index contributed by atoms with van der Waals surface area (Å²) in [7, 11) is -3.51. The van der Waals surface area contributed by atoms with Gasteiger partial charge in [0.15, 0.2) is 0 Å². The largest absolute Gasteiger partial charge is 0.308 e. The van der Waals surface area contributed by atoms with Crippen LogP contribution in [0.25, 0.3) is 10.2 Å². The molecule has 126 valence electrons. The second kappa shape index (κ2) is 6.41. The van der Waals surface area contributed by atoms with Crippen LogP contribution in [0.2, 0.25) is 0 Å². The molecule has 1 heterocycles. The van der Waals surface area contributed by atoms with Crippen LogP contribution in [0.5, 0.6) is 0 Å². The van der Waals surface area contributed by atoms with E-state index in [4.69, 9.17) is 0 Å². The minimum absolute atomic E-state index is 0.0350. The van der Waals surface area contributed by atoms with Crippen LogP contribution < -0.4 is 9.60 Å². The molecule has 3 rings (SSSR count). The summed E-state index contributed by atoms with van der Waals surface area (Å²) in [5.41, 5.74) is 3.12. The first-order valence-corrected chi connectivity index (χ1v) is 10.0. The van der Waals surface area contributed by atoms with Crippen LogP contribution in [-0.4, -0.2) is 13.0 Å². The van der Waals surface area contributed by atoms with Crippen molar-refractivity contribution in [3.05, 3.63) is 63.3 Å². The van der Waals surface area contributed by atoms with Gasteiger partial charge in [-0.2, -0.15) is 0 Å². The quantitative estimate of drug-likeness (QED) is 0.757. The van der Waals surface area contributed by atoms with Crippen LogP contribution in [0.4, 0.5) is 5.69 Å². The Morgan fingerprint density at radius 3 is 2.50 bits per heavy atom. The highest BCUT2D eigenvalue weighted by Crippen LogP contribution is 2.23. The highest BCUT2D eigenvalue weighted by molar-refractivity contribution is 7.91. The zero-order chi connectivity index (χ0) is 17.3. The Morgan fingerprint density at radius 1 is 1.12 bits per heavy atom. The van der Waals surface area contributed by atoms with Gasteiger partial charge in [0.05, 0.1) is 21.7 Å². The molecule has 5 nitrogen and oxygen atoms in total. The van der Waals surface area contributed by atoms with Crippen LogP contribution in [-0.2, 0) is 22.3 Å². The predicted octanol–water partition coefficient (Wildman–Crippen LogP) is 3.33. The number of sulfonamides is 1. The monoisotopic (exact) mass is 362 g/mol. The summed E-state index contributed by atoms with van der Waals surface area (Å²) in [4.78, 5) is 11.8. The number of thiazole rings is 1. The summed E-state index contributed by atoms with van der Waals surface area (Å²) >= 11 is 1.12. The summed E-state index contributed by atoms with van der Waals surface area (Å²) in [6, 6.07) is 12.6. The van der Waals surface area contributed by atoms with Gasteiger partial charge in [-0.1, -0.05) is 41.2 Å². The van der Waals surface area contributed by atoms with Gasteiger partial charge in [-0.25, -0.2) is 8.42 Å². The number of nitrogens with zero attached hydrogens (tertiary/aromatic N) is 1. The number of aryl methyl sites for hydroxylation is 2. The topological polar surface area (TPSA) is 68.2 Å². The molecule has 7 heteroatoms. The maximum Gasteiger partial charge on any atom is 0.308 e. The molecule has 3 aromatic rings. The summed E-state index contributed by atoms with van der Waals surface area (Å²) in [6.45, 7) is 4.46. The lowest BCUT2D eigenvalue weighted by molar-refractivity contribution is 0.600. The Labute approximate surface area is 144 Å². The fourth-order valence-corrected chi connectivity index (χ4v) is 4.73. The number of anilines is 1. The van der Waals surface area contributed by atoms with E-state index in [0.717, 1.165) is 32.7 Å². The number of hydrogen-bond donors (Lipinski definition) is 1. The molecule has 0 aliphatic carbocycles. The Morgan fingerprint density at radius 2 is 1.83 bits per heavy atom. The van der Waals surface area contributed by atoms with Crippen molar-refractivity contribution in [2.24, 2.45) is 0 Å². The number of rotatable bonds is 5. The van der Waals surface area contributed by atoms with E-state index in [-0.39, 0.29) is 10.6 Å². The highest BCUT2D eigenvalue weighted by Gasteiger charge is 2.13. The van der Waals surface area contributed by atoms with Crippen LogP contribution >= 0.6 is 11.3 Å². The predicted molar refractivity (Wildman–Crippen MR) is 99.2 cm³/mol. The van der Waals surface area contributed by atoms with Gasteiger partial charge in [0.2, 0.25) is 10.0 Å². The van der Waals surface area contributed by atoms with Crippen LogP contribution in [0.3, 0.4) is 0 Å². The van der Waals surface area contributed by atoms with Gasteiger partial charge in [0.25, 0.3) is 0 Å². The van der Waals surface area contributed by atoms with E-state index in [1.807, 2.05) is 38.1 Å². The van der Waals surface area contributed by atoms with E-state index in [1.165, 1.54) is 0 Å². The molecular weight excluding hydrogens is 344 g/mol. The van der Waals surface area contributed by atoms with Crippen LogP contribution in [0, 0.1) is 6.92 Å². The van der Waals surface area contributed by atoms with Crippen molar-refractivity contribution in [2.75, 3.05) is 4.72 Å².